The van der Waals surface area contributed by atoms with Crippen LogP contribution in [0.15, 0.2) is 12.4 Å². The standard InChI is InChI=1S/C16H22N4/c1-11-15-12(9-17-10-13(15)20(2)19-11)16-6-4-3-5-14(16)18-8-7-16/h9-10,14,18H,3-8H2,1-2H3. The van der Waals surface area contributed by atoms with E-state index in [0.717, 1.165) is 12.2 Å². The van der Waals surface area contributed by atoms with Crippen molar-refractivity contribution in [2.45, 2.75) is 50.5 Å². The Morgan fingerprint density at radius 2 is 2.20 bits per heavy atom. The fourth-order valence-electron chi connectivity index (χ4n) is 4.54. The Morgan fingerprint density at radius 3 is 3.10 bits per heavy atom. The fourth-order valence-corrected chi connectivity index (χ4v) is 4.54. The Hall–Kier alpha value is -1.42. The summed E-state index contributed by atoms with van der Waals surface area (Å²) >= 11 is 0. The first-order valence-electron chi connectivity index (χ1n) is 7.73. The first-order valence-corrected chi connectivity index (χ1v) is 7.73. The predicted molar refractivity (Wildman–Crippen MR) is 79.8 cm³/mol. The van der Waals surface area contributed by atoms with Crippen LogP contribution in [0.3, 0.4) is 0 Å². The number of nitrogens with zero attached hydrogens (tertiary/aromatic N) is 3. The lowest BCUT2D eigenvalue weighted by Crippen LogP contribution is -2.43. The summed E-state index contributed by atoms with van der Waals surface area (Å²) in [4.78, 5) is 4.53. The first kappa shape index (κ1) is 12.3. The fraction of sp³-hybridized carbons (Fsp3) is 0.625. The third-order valence-corrected chi connectivity index (χ3v) is 5.47. The van der Waals surface area contributed by atoms with E-state index in [9.17, 15) is 0 Å². The maximum absolute atomic E-state index is 4.61. The Kier molecular flexibility index (Phi) is 2.64. The van der Waals surface area contributed by atoms with E-state index in [1.54, 1.807) is 0 Å². The predicted octanol–water partition coefficient (Wildman–Crippen LogP) is 2.45. The van der Waals surface area contributed by atoms with Gasteiger partial charge in [-0.15, -0.1) is 0 Å². The molecule has 4 rings (SSSR count). The summed E-state index contributed by atoms with van der Waals surface area (Å²) in [5.41, 5.74) is 4.05. The Bertz CT molecular complexity index is 660. The number of aromatic nitrogens is 3. The molecule has 2 atom stereocenters. The molecular formula is C16H22N4. The molecule has 1 saturated carbocycles. The molecule has 3 heterocycles. The van der Waals surface area contributed by atoms with Gasteiger partial charge in [0, 0.05) is 30.1 Å². The molecule has 4 heteroatoms. The number of hydrogen-bond acceptors (Lipinski definition) is 3. The van der Waals surface area contributed by atoms with Crippen molar-refractivity contribution < 1.29 is 0 Å². The van der Waals surface area contributed by atoms with Crippen molar-refractivity contribution in [1.82, 2.24) is 20.1 Å². The van der Waals surface area contributed by atoms with E-state index in [1.165, 1.54) is 48.6 Å². The van der Waals surface area contributed by atoms with E-state index in [0.29, 0.717) is 11.5 Å². The topological polar surface area (TPSA) is 42.7 Å². The average molecular weight is 270 g/mol. The molecular weight excluding hydrogens is 248 g/mol. The minimum absolute atomic E-state index is 0.290. The van der Waals surface area contributed by atoms with Gasteiger partial charge in [-0.3, -0.25) is 9.67 Å². The number of pyridine rings is 1. The third kappa shape index (κ3) is 1.51. The lowest BCUT2D eigenvalue weighted by Gasteiger charge is -2.39. The van der Waals surface area contributed by atoms with Gasteiger partial charge in [-0.25, -0.2) is 0 Å². The van der Waals surface area contributed by atoms with Crippen LogP contribution in [0, 0.1) is 6.92 Å². The summed E-state index contributed by atoms with van der Waals surface area (Å²) in [5.74, 6) is 0. The molecule has 2 aliphatic rings. The SMILES string of the molecule is Cc1nn(C)c2cncc(C34CCCCC3NCC4)c12. The van der Waals surface area contributed by atoms with Crippen molar-refractivity contribution in [2.75, 3.05) is 6.54 Å². The van der Waals surface area contributed by atoms with Crippen LogP contribution in [-0.2, 0) is 12.5 Å². The minimum atomic E-state index is 0.290. The Morgan fingerprint density at radius 1 is 1.30 bits per heavy atom. The molecule has 2 aromatic heterocycles. The van der Waals surface area contributed by atoms with Crippen LogP contribution in [-0.4, -0.2) is 27.4 Å². The van der Waals surface area contributed by atoms with Crippen LogP contribution in [0.2, 0.25) is 0 Å². The first-order chi connectivity index (χ1) is 9.72. The summed E-state index contributed by atoms with van der Waals surface area (Å²) in [7, 11) is 2.02. The van der Waals surface area contributed by atoms with Crippen molar-refractivity contribution in [1.29, 1.82) is 0 Å². The monoisotopic (exact) mass is 270 g/mol. The van der Waals surface area contributed by atoms with E-state index < -0.39 is 0 Å². The minimum Gasteiger partial charge on any atom is -0.313 e. The molecule has 0 spiro atoms. The normalized spacial score (nSPS) is 29.8. The van der Waals surface area contributed by atoms with Crippen LogP contribution in [0.1, 0.15) is 43.4 Å². The van der Waals surface area contributed by atoms with E-state index in [-0.39, 0.29) is 0 Å². The van der Waals surface area contributed by atoms with E-state index >= 15 is 0 Å². The molecule has 2 unspecified atom stereocenters. The second kappa shape index (κ2) is 4.29. The zero-order valence-electron chi connectivity index (χ0n) is 12.3. The van der Waals surface area contributed by atoms with Gasteiger partial charge in [-0.1, -0.05) is 12.8 Å². The van der Waals surface area contributed by atoms with Gasteiger partial charge in [-0.05, 0) is 38.3 Å². The van der Waals surface area contributed by atoms with Crippen LogP contribution in [0.25, 0.3) is 10.9 Å². The number of rotatable bonds is 1. The van der Waals surface area contributed by atoms with Crippen molar-refractivity contribution in [2.24, 2.45) is 7.05 Å². The molecule has 0 aromatic carbocycles. The molecule has 1 N–H and O–H groups in total. The van der Waals surface area contributed by atoms with E-state index in [1.807, 2.05) is 17.9 Å². The van der Waals surface area contributed by atoms with Crippen molar-refractivity contribution in [3.8, 4) is 0 Å². The average Bonchev–Trinajstić information content (AvgIpc) is 3.02. The van der Waals surface area contributed by atoms with Crippen molar-refractivity contribution in [3.05, 3.63) is 23.7 Å². The summed E-state index contributed by atoms with van der Waals surface area (Å²) in [6.07, 6.45) is 10.6. The smallest absolute Gasteiger partial charge is 0.0868 e. The van der Waals surface area contributed by atoms with E-state index in [4.69, 9.17) is 0 Å². The Balaban J connectivity index is 1.97. The van der Waals surface area contributed by atoms with Crippen LogP contribution >= 0.6 is 0 Å². The molecule has 1 saturated heterocycles. The molecule has 2 fully saturated rings. The van der Waals surface area contributed by atoms with Crippen LogP contribution < -0.4 is 5.32 Å². The second-order valence-corrected chi connectivity index (χ2v) is 6.45. The highest BCUT2D eigenvalue weighted by atomic mass is 15.3. The molecule has 2 aromatic rings. The summed E-state index contributed by atoms with van der Waals surface area (Å²) in [6, 6.07) is 0.628. The van der Waals surface area contributed by atoms with Gasteiger partial charge in [-0.2, -0.15) is 5.10 Å². The van der Waals surface area contributed by atoms with Crippen LogP contribution in [0.5, 0.6) is 0 Å². The highest BCUT2D eigenvalue weighted by Gasteiger charge is 2.46. The molecule has 0 radical (unpaired) electrons. The molecule has 1 aliphatic carbocycles. The quantitative estimate of drug-likeness (QED) is 0.865. The molecule has 0 bridgehead atoms. The highest BCUT2D eigenvalue weighted by molar-refractivity contribution is 5.85. The van der Waals surface area contributed by atoms with Gasteiger partial charge in [0.15, 0.2) is 0 Å². The number of fused-ring (bicyclic) bond motifs is 2. The summed E-state index contributed by atoms with van der Waals surface area (Å²) < 4.78 is 1.97. The van der Waals surface area contributed by atoms with Gasteiger partial charge in [0.05, 0.1) is 17.4 Å². The van der Waals surface area contributed by atoms with Gasteiger partial charge in [0.2, 0.25) is 0 Å². The van der Waals surface area contributed by atoms with Crippen LogP contribution in [0.4, 0.5) is 0 Å². The van der Waals surface area contributed by atoms with Crippen molar-refractivity contribution in [3.63, 3.8) is 0 Å². The molecule has 20 heavy (non-hydrogen) atoms. The zero-order valence-corrected chi connectivity index (χ0v) is 12.3. The molecule has 1 aliphatic heterocycles. The maximum atomic E-state index is 4.61. The van der Waals surface area contributed by atoms with Crippen molar-refractivity contribution >= 4 is 10.9 Å². The molecule has 4 nitrogen and oxygen atoms in total. The van der Waals surface area contributed by atoms with Gasteiger partial charge >= 0.3 is 0 Å². The highest BCUT2D eigenvalue weighted by Crippen LogP contribution is 2.47. The zero-order chi connectivity index (χ0) is 13.7. The van der Waals surface area contributed by atoms with Gasteiger partial charge in [0.25, 0.3) is 0 Å². The third-order valence-electron chi connectivity index (χ3n) is 5.47. The summed E-state index contributed by atoms with van der Waals surface area (Å²) in [5, 5.41) is 9.69. The summed E-state index contributed by atoms with van der Waals surface area (Å²) in [6.45, 7) is 3.27. The number of aryl methyl sites for hydroxylation is 2. The van der Waals surface area contributed by atoms with E-state index in [2.05, 4.69) is 28.5 Å². The second-order valence-electron chi connectivity index (χ2n) is 6.45. The number of nitrogens with one attached hydrogen (secondary N) is 1. The lowest BCUT2D eigenvalue weighted by atomic mass is 9.66. The lowest BCUT2D eigenvalue weighted by molar-refractivity contribution is 0.268. The Labute approximate surface area is 119 Å². The van der Waals surface area contributed by atoms with Gasteiger partial charge in [0.1, 0.15) is 0 Å². The molecule has 0 amide bonds. The largest absolute Gasteiger partial charge is 0.313 e. The number of hydrogen-bond donors (Lipinski definition) is 1. The van der Waals surface area contributed by atoms with Gasteiger partial charge < -0.3 is 5.32 Å². The maximum Gasteiger partial charge on any atom is 0.0868 e. The molecule has 106 valence electrons.